The highest BCUT2D eigenvalue weighted by molar-refractivity contribution is 14.0. The summed E-state index contributed by atoms with van der Waals surface area (Å²) in [5.74, 6) is 1.07. The Labute approximate surface area is 151 Å². The van der Waals surface area contributed by atoms with Gasteiger partial charge >= 0.3 is 0 Å². The minimum absolute atomic E-state index is 0. The lowest BCUT2D eigenvalue weighted by atomic mass is 10.3. The number of amides is 1. The topological polar surface area (TPSA) is 66.0 Å². The van der Waals surface area contributed by atoms with E-state index in [2.05, 4.69) is 22.5 Å². The Balaban J connectivity index is 0.00000441. The van der Waals surface area contributed by atoms with Gasteiger partial charge < -0.3 is 20.3 Å². The van der Waals surface area contributed by atoms with Gasteiger partial charge in [-0.15, -0.1) is 24.0 Å². The second-order valence-electron chi connectivity index (χ2n) is 5.13. The maximum Gasteiger partial charge on any atom is 0.222 e. The predicted molar refractivity (Wildman–Crippen MR) is 101 cm³/mol. The van der Waals surface area contributed by atoms with E-state index in [9.17, 15) is 4.79 Å². The average Bonchev–Trinajstić information content (AvgIpc) is 2.95. The SMILES string of the molecule is CCNC(=NCCCOCC)NC1CCN(C(=O)CC)C1.I. The van der Waals surface area contributed by atoms with Gasteiger partial charge in [0.1, 0.15) is 0 Å². The lowest BCUT2D eigenvalue weighted by molar-refractivity contribution is -0.129. The fraction of sp³-hybridized carbons (Fsp3) is 0.867. The molecule has 130 valence electrons. The van der Waals surface area contributed by atoms with Crippen LogP contribution in [-0.4, -0.2) is 62.2 Å². The molecule has 1 saturated heterocycles. The number of carbonyl (C=O) groups excluding carboxylic acids is 1. The Kier molecular flexibility index (Phi) is 12.6. The minimum Gasteiger partial charge on any atom is -0.382 e. The van der Waals surface area contributed by atoms with Crippen LogP contribution >= 0.6 is 24.0 Å². The van der Waals surface area contributed by atoms with E-state index < -0.39 is 0 Å². The molecule has 1 heterocycles. The van der Waals surface area contributed by atoms with E-state index in [1.807, 2.05) is 18.7 Å². The number of hydrogen-bond acceptors (Lipinski definition) is 3. The summed E-state index contributed by atoms with van der Waals surface area (Å²) in [6, 6.07) is 0.296. The van der Waals surface area contributed by atoms with Crippen molar-refractivity contribution in [3.63, 3.8) is 0 Å². The highest BCUT2D eigenvalue weighted by Gasteiger charge is 2.25. The molecule has 0 aromatic heterocycles. The summed E-state index contributed by atoms with van der Waals surface area (Å²) in [4.78, 5) is 18.2. The van der Waals surface area contributed by atoms with Gasteiger partial charge in [-0.25, -0.2) is 0 Å². The standard InChI is InChI=1S/C15H30N4O2.HI/c1-4-14(20)19-10-8-13(12-19)18-15(16-5-2)17-9-7-11-21-6-3;/h13H,4-12H2,1-3H3,(H2,16,17,18);1H. The molecule has 0 radical (unpaired) electrons. The molecule has 0 spiro atoms. The smallest absolute Gasteiger partial charge is 0.222 e. The van der Waals surface area contributed by atoms with Crippen molar-refractivity contribution in [3.05, 3.63) is 0 Å². The van der Waals surface area contributed by atoms with Crippen LogP contribution in [0.5, 0.6) is 0 Å². The maximum atomic E-state index is 11.7. The molecule has 1 fully saturated rings. The lowest BCUT2D eigenvalue weighted by Gasteiger charge is -2.18. The summed E-state index contributed by atoms with van der Waals surface area (Å²) in [6.07, 6.45) is 2.49. The summed E-state index contributed by atoms with van der Waals surface area (Å²) < 4.78 is 5.31. The molecular weight excluding hydrogens is 395 g/mol. The van der Waals surface area contributed by atoms with E-state index in [4.69, 9.17) is 4.74 Å². The van der Waals surface area contributed by atoms with Gasteiger partial charge in [0.15, 0.2) is 5.96 Å². The molecule has 1 amide bonds. The van der Waals surface area contributed by atoms with Crippen LogP contribution in [0.1, 0.15) is 40.0 Å². The summed E-state index contributed by atoms with van der Waals surface area (Å²) in [5, 5.41) is 6.67. The molecule has 0 bridgehead atoms. The Bertz CT molecular complexity index is 340. The number of likely N-dealkylation sites (tertiary alicyclic amines) is 1. The molecule has 22 heavy (non-hydrogen) atoms. The number of aliphatic imine (C=N–C) groups is 1. The average molecular weight is 426 g/mol. The van der Waals surface area contributed by atoms with Crippen molar-refractivity contribution in [1.82, 2.24) is 15.5 Å². The Morgan fingerprint density at radius 2 is 2.14 bits per heavy atom. The monoisotopic (exact) mass is 426 g/mol. The summed E-state index contributed by atoms with van der Waals surface area (Å²) in [6.45, 7) is 10.7. The Morgan fingerprint density at radius 3 is 2.77 bits per heavy atom. The quantitative estimate of drug-likeness (QED) is 0.268. The number of hydrogen-bond donors (Lipinski definition) is 2. The molecule has 2 N–H and O–H groups in total. The third-order valence-electron chi connectivity index (χ3n) is 3.45. The van der Waals surface area contributed by atoms with Crippen LogP contribution in [0, 0.1) is 0 Å². The van der Waals surface area contributed by atoms with Crippen molar-refractivity contribution in [2.45, 2.75) is 46.1 Å². The van der Waals surface area contributed by atoms with Crippen molar-refractivity contribution in [2.75, 3.05) is 39.4 Å². The van der Waals surface area contributed by atoms with Gasteiger partial charge in [-0.2, -0.15) is 0 Å². The van der Waals surface area contributed by atoms with E-state index in [1.165, 1.54) is 0 Å². The van der Waals surface area contributed by atoms with Crippen LogP contribution in [0.2, 0.25) is 0 Å². The van der Waals surface area contributed by atoms with Gasteiger partial charge in [0.2, 0.25) is 5.91 Å². The van der Waals surface area contributed by atoms with Gasteiger partial charge in [-0.1, -0.05) is 6.92 Å². The maximum absolute atomic E-state index is 11.7. The molecule has 1 rings (SSSR count). The number of rotatable bonds is 8. The van der Waals surface area contributed by atoms with E-state index in [1.54, 1.807) is 0 Å². The number of nitrogens with zero attached hydrogens (tertiary/aromatic N) is 2. The second-order valence-corrected chi connectivity index (χ2v) is 5.13. The van der Waals surface area contributed by atoms with Gasteiger partial charge in [-0.3, -0.25) is 9.79 Å². The van der Waals surface area contributed by atoms with Crippen molar-refractivity contribution < 1.29 is 9.53 Å². The van der Waals surface area contributed by atoms with Gasteiger partial charge in [0, 0.05) is 51.9 Å². The highest BCUT2D eigenvalue weighted by atomic mass is 127. The van der Waals surface area contributed by atoms with Crippen LogP contribution in [-0.2, 0) is 9.53 Å². The zero-order valence-corrected chi connectivity index (χ0v) is 16.4. The second kappa shape index (κ2) is 12.9. The molecule has 1 atom stereocenters. The number of ether oxygens (including phenoxy) is 1. The van der Waals surface area contributed by atoms with Crippen LogP contribution < -0.4 is 10.6 Å². The third kappa shape index (κ3) is 8.17. The Hall–Kier alpha value is -0.570. The first kappa shape index (κ1) is 21.4. The van der Waals surface area contributed by atoms with Crippen molar-refractivity contribution in [2.24, 2.45) is 4.99 Å². The van der Waals surface area contributed by atoms with Crippen LogP contribution in [0.3, 0.4) is 0 Å². The lowest BCUT2D eigenvalue weighted by Crippen LogP contribution is -2.45. The molecule has 0 aromatic rings. The first-order valence-corrected chi connectivity index (χ1v) is 8.11. The van der Waals surface area contributed by atoms with E-state index >= 15 is 0 Å². The number of guanidine groups is 1. The summed E-state index contributed by atoms with van der Waals surface area (Å²) >= 11 is 0. The van der Waals surface area contributed by atoms with Crippen molar-refractivity contribution in [1.29, 1.82) is 0 Å². The van der Waals surface area contributed by atoms with Crippen LogP contribution in [0.25, 0.3) is 0 Å². The normalized spacial score (nSPS) is 18.0. The summed E-state index contributed by atoms with van der Waals surface area (Å²) in [5.41, 5.74) is 0. The van der Waals surface area contributed by atoms with Crippen LogP contribution in [0.4, 0.5) is 0 Å². The first-order chi connectivity index (χ1) is 10.2. The molecule has 7 heteroatoms. The first-order valence-electron chi connectivity index (χ1n) is 8.11. The molecule has 1 aliphatic heterocycles. The highest BCUT2D eigenvalue weighted by Crippen LogP contribution is 2.10. The molecule has 0 saturated carbocycles. The minimum atomic E-state index is 0. The zero-order valence-electron chi connectivity index (χ0n) is 14.1. The molecule has 0 aliphatic carbocycles. The molecular formula is C15H31IN4O2. The number of halogens is 1. The van der Waals surface area contributed by atoms with Crippen molar-refractivity contribution in [3.8, 4) is 0 Å². The molecule has 6 nitrogen and oxygen atoms in total. The van der Waals surface area contributed by atoms with Crippen molar-refractivity contribution >= 4 is 35.8 Å². The largest absolute Gasteiger partial charge is 0.382 e. The van der Waals surface area contributed by atoms with E-state index in [0.29, 0.717) is 12.5 Å². The molecule has 1 unspecified atom stereocenters. The molecule has 1 aliphatic rings. The van der Waals surface area contributed by atoms with Gasteiger partial charge in [0.25, 0.3) is 0 Å². The van der Waals surface area contributed by atoms with E-state index in [0.717, 1.165) is 58.2 Å². The summed E-state index contributed by atoms with van der Waals surface area (Å²) in [7, 11) is 0. The van der Waals surface area contributed by atoms with Gasteiger partial charge in [-0.05, 0) is 26.7 Å². The molecule has 0 aromatic carbocycles. The number of nitrogens with one attached hydrogen (secondary N) is 2. The van der Waals surface area contributed by atoms with Crippen LogP contribution in [0.15, 0.2) is 4.99 Å². The predicted octanol–water partition coefficient (Wildman–Crippen LogP) is 1.60. The zero-order chi connectivity index (χ0) is 15.5. The Morgan fingerprint density at radius 1 is 1.36 bits per heavy atom. The fourth-order valence-electron chi connectivity index (χ4n) is 2.34. The van der Waals surface area contributed by atoms with E-state index in [-0.39, 0.29) is 29.9 Å². The fourth-order valence-corrected chi connectivity index (χ4v) is 2.34. The third-order valence-corrected chi connectivity index (χ3v) is 3.45. The number of carbonyl (C=O) groups is 1. The van der Waals surface area contributed by atoms with Gasteiger partial charge in [0.05, 0.1) is 0 Å².